The molecule has 0 atom stereocenters. The molecule has 5 rings (SSSR count). The van der Waals surface area contributed by atoms with E-state index in [1.54, 1.807) is 47.3 Å². The van der Waals surface area contributed by atoms with Gasteiger partial charge in [0.15, 0.2) is 11.5 Å². The number of hydrogen-bond donors (Lipinski definition) is 0. The smallest absolute Gasteiger partial charge is 0.333 e. The number of fused-ring (bicyclic) bond motifs is 1. The Labute approximate surface area is 218 Å². The summed E-state index contributed by atoms with van der Waals surface area (Å²) in [5, 5.41) is 0. The summed E-state index contributed by atoms with van der Waals surface area (Å²) >= 11 is 0. The predicted molar refractivity (Wildman–Crippen MR) is 138 cm³/mol. The molecule has 0 spiro atoms. The molecule has 4 aromatic rings. The Morgan fingerprint density at radius 2 is 1.71 bits per heavy atom. The summed E-state index contributed by atoms with van der Waals surface area (Å²) in [7, 11) is 3.25. The highest BCUT2D eigenvalue weighted by atomic mass is 19.4. The fourth-order valence-electron chi connectivity index (χ4n) is 4.65. The fraction of sp³-hybridized carbons (Fsp3) is 0.286. The molecule has 0 bridgehead atoms. The van der Waals surface area contributed by atoms with Crippen molar-refractivity contribution in [3.63, 3.8) is 0 Å². The van der Waals surface area contributed by atoms with Crippen LogP contribution in [0.25, 0.3) is 22.8 Å². The number of hydrogen-bond acceptors (Lipinski definition) is 4. The first kappa shape index (κ1) is 25.4. The average Bonchev–Trinajstić information content (AvgIpc) is 3.29. The number of carbonyl (C=O) groups excluding carboxylic acids is 1. The SMILES string of the molecule is CC(C)c1ccccc1-c1ncc2c(n1)N(Cc1ccc(-c3nc(C(F)(F)F)cn3C)cc1)C(=O)N(C)C2. The number of halogens is 3. The number of urea groups is 1. The largest absolute Gasteiger partial charge is 0.434 e. The van der Waals surface area contributed by atoms with E-state index >= 15 is 0 Å². The molecule has 38 heavy (non-hydrogen) atoms. The van der Waals surface area contributed by atoms with Gasteiger partial charge in [0.25, 0.3) is 0 Å². The standard InChI is InChI=1S/C28H27F3N6O/c1-17(2)21-7-5-6-8-22(21)24-32-13-20-15-36(4)27(38)37(26(20)34-24)14-18-9-11-19(12-10-18)25-33-23(16-35(25)3)28(29,30)31/h5-13,16-17H,14-15H2,1-4H3. The fourth-order valence-corrected chi connectivity index (χ4v) is 4.65. The van der Waals surface area contributed by atoms with E-state index in [-0.39, 0.29) is 24.3 Å². The Morgan fingerprint density at radius 1 is 1.00 bits per heavy atom. The number of alkyl halides is 3. The highest BCUT2D eigenvalue weighted by Gasteiger charge is 2.35. The molecule has 7 nitrogen and oxygen atoms in total. The molecule has 0 fully saturated rings. The number of rotatable bonds is 5. The van der Waals surface area contributed by atoms with Crippen molar-refractivity contribution in [1.82, 2.24) is 24.4 Å². The zero-order valence-electron chi connectivity index (χ0n) is 21.5. The number of aromatic nitrogens is 4. The van der Waals surface area contributed by atoms with Crippen LogP contribution in [0.15, 0.2) is 60.9 Å². The maximum absolute atomic E-state index is 13.2. The van der Waals surface area contributed by atoms with Gasteiger partial charge in [-0.15, -0.1) is 0 Å². The lowest BCUT2D eigenvalue weighted by Gasteiger charge is -2.34. The minimum Gasteiger partial charge on any atom is -0.333 e. The molecule has 1 aliphatic rings. The lowest BCUT2D eigenvalue weighted by Crippen LogP contribution is -2.45. The summed E-state index contributed by atoms with van der Waals surface area (Å²) in [5.74, 6) is 1.60. The summed E-state index contributed by atoms with van der Waals surface area (Å²) in [4.78, 5) is 29.6. The molecule has 3 heterocycles. The van der Waals surface area contributed by atoms with Crippen molar-refractivity contribution >= 4 is 11.8 Å². The van der Waals surface area contributed by atoms with Gasteiger partial charge in [-0.25, -0.2) is 19.7 Å². The van der Waals surface area contributed by atoms with Gasteiger partial charge in [-0.1, -0.05) is 62.4 Å². The van der Waals surface area contributed by atoms with E-state index < -0.39 is 11.9 Å². The van der Waals surface area contributed by atoms with E-state index in [9.17, 15) is 18.0 Å². The number of nitrogens with zero attached hydrogens (tertiary/aromatic N) is 6. The first-order valence-electron chi connectivity index (χ1n) is 12.2. The van der Waals surface area contributed by atoms with Gasteiger partial charge in [0.05, 0.1) is 13.1 Å². The van der Waals surface area contributed by atoms with E-state index in [2.05, 4.69) is 29.9 Å². The third-order valence-corrected chi connectivity index (χ3v) is 6.61. The zero-order chi connectivity index (χ0) is 27.2. The average molecular weight is 521 g/mol. The van der Waals surface area contributed by atoms with Crippen LogP contribution in [0.2, 0.25) is 0 Å². The second-order valence-electron chi connectivity index (χ2n) is 9.76. The van der Waals surface area contributed by atoms with Crippen LogP contribution in [-0.4, -0.2) is 37.5 Å². The molecule has 0 aliphatic carbocycles. The number of aryl methyl sites for hydroxylation is 1. The zero-order valence-corrected chi connectivity index (χ0v) is 21.5. The van der Waals surface area contributed by atoms with Gasteiger partial charge in [0.1, 0.15) is 11.6 Å². The van der Waals surface area contributed by atoms with Crippen LogP contribution < -0.4 is 4.90 Å². The Kier molecular flexibility index (Phi) is 6.42. The van der Waals surface area contributed by atoms with Gasteiger partial charge >= 0.3 is 12.2 Å². The van der Waals surface area contributed by atoms with Crippen molar-refractivity contribution in [3.05, 3.63) is 83.3 Å². The van der Waals surface area contributed by atoms with Crippen LogP contribution in [0.3, 0.4) is 0 Å². The van der Waals surface area contributed by atoms with Crippen molar-refractivity contribution < 1.29 is 18.0 Å². The van der Waals surface area contributed by atoms with E-state index in [0.717, 1.165) is 28.5 Å². The number of amides is 2. The van der Waals surface area contributed by atoms with Crippen molar-refractivity contribution in [2.75, 3.05) is 11.9 Å². The highest BCUT2D eigenvalue weighted by Crippen LogP contribution is 2.33. The Morgan fingerprint density at radius 3 is 2.37 bits per heavy atom. The molecule has 0 saturated carbocycles. The van der Waals surface area contributed by atoms with E-state index in [1.807, 2.05) is 18.2 Å². The quantitative estimate of drug-likeness (QED) is 0.312. The van der Waals surface area contributed by atoms with E-state index in [0.29, 0.717) is 23.8 Å². The molecule has 0 N–H and O–H groups in total. The van der Waals surface area contributed by atoms with Gasteiger partial charge in [-0.3, -0.25) is 4.90 Å². The van der Waals surface area contributed by atoms with Crippen LogP contribution in [0.1, 0.15) is 42.1 Å². The monoisotopic (exact) mass is 520 g/mol. The topological polar surface area (TPSA) is 67.2 Å². The summed E-state index contributed by atoms with van der Waals surface area (Å²) < 4.78 is 40.6. The summed E-state index contributed by atoms with van der Waals surface area (Å²) in [6.45, 7) is 4.87. The Bertz CT molecular complexity index is 1490. The highest BCUT2D eigenvalue weighted by molar-refractivity contribution is 5.93. The van der Waals surface area contributed by atoms with E-state index in [1.165, 1.54) is 11.6 Å². The number of benzene rings is 2. The Balaban J connectivity index is 1.47. The molecule has 10 heteroatoms. The van der Waals surface area contributed by atoms with Crippen molar-refractivity contribution in [1.29, 1.82) is 0 Å². The van der Waals surface area contributed by atoms with Crippen LogP contribution in [0.4, 0.5) is 23.8 Å². The summed E-state index contributed by atoms with van der Waals surface area (Å²) in [5.41, 5.74) is 3.29. The van der Waals surface area contributed by atoms with E-state index in [4.69, 9.17) is 4.98 Å². The van der Waals surface area contributed by atoms with Crippen LogP contribution in [-0.2, 0) is 26.3 Å². The lowest BCUT2D eigenvalue weighted by molar-refractivity contribution is -0.140. The predicted octanol–water partition coefficient (Wildman–Crippen LogP) is 6.26. The van der Waals surface area contributed by atoms with Gasteiger partial charge in [0.2, 0.25) is 0 Å². The Hall–Kier alpha value is -4.21. The molecular formula is C28H27F3N6O. The number of carbonyl (C=O) groups is 1. The normalized spacial score (nSPS) is 13.8. The van der Waals surface area contributed by atoms with Gasteiger partial charge < -0.3 is 9.47 Å². The molecule has 0 saturated heterocycles. The molecule has 2 aromatic heterocycles. The second-order valence-corrected chi connectivity index (χ2v) is 9.76. The van der Waals surface area contributed by atoms with Crippen molar-refractivity contribution in [2.24, 2.45) is 7.05 Å². The first-order chi connectivity index (χ1) is 18.0. The summed E-state index contributed by atoms with van der Waals surface area (Å²) in [6, 6.07) is 14.8. The van der Waals surface area contributed by atoms with Crippen LogP contribution >= 0.6 is 0 Å². The molecule has 1 aliphatic heterocycles. The molecule has 2 aromatic carbocycles. The summed E-state index contributed by atoms with van der Waals surface area (Å²) in [6.07, 6.45) is -1.77. The van der Waals surface area contributed by atoms with Crippen LogP contribution in [0, 0.1) is 0 Å². The molecule has 2 amide bonds. The van der Waals surface area contributed by atoms with Gasteiger partial charge in [-0.05, 0) is 17.0 Å². The lowest BCUT2D eigenvalue weighted by atomic mass is 9.97. The molecule has 0 unspecified atom stereocenters. The third-order valence-electron chi connectivity index (χ3n) is 6.61. The van der Waals surface area contributed by atoms with Gasteiger partial charge in [-0.2, -0.15) is 13.2 Å². The number of anilines is 1. The first-order valence-corrected chi connectivity index (χ1v) is 12.2. The van der Waals surface area contributed by atoms with Crippen molar-refractivity contribution in [2.45, 2.75) is 39.0 Å². The molecular weight excluding hydrogens is 493 g/mol. The van der Waals surface area contributed by atoms with Crippen molar-refractivity contribution in [3.8, 4) is 22.8 Å². The molecule has 196 valence electrons. The maximum atomic E-state index is 13.2. The molecule has 0 radical (unpaired) electrons. The number of imidazole rings is 1. The minimum atomic E-state index is -4.51. The second kappa shape index (κ2) is 9.59. The minimum absolute atomic E-state index is 0.192. The third kappa shape index (κ3) is 4.73. The van der Waals surface area contributed by atoms with Gasteiger partial charge in [0, 0.05) is 43.2 Å². The maximum Gasteiger partial charge on any atom is 0.434 e. The van der Waals surface area contributed by atoms with Crippen LogP contribution in [0.5, 0.6) is 0 Å².